The van der Waals surface area contributed by atoms with Crippen molar-refractivity contribution in [2.45, 2.75) is 43.9 Å². The molecule has 5 heteroatoms. The van der Waals surface area contributed by atoms with Crippen LogP contribution in [0.5, 0.6) is 0 Å². The van der Waals surface area contributed by atoms with Gasteiger partial charge in [-0.05, 0) is 24.5 Å². The molecule has 1 aliphatic rings. The molecule has 0 saturated heterocycles. The second-order valence-corrected chi connectivity index (χ2v) is 7.58. The molecule has 1 saturated carbocycles. The maximum atomic E-state index is 12.5. The minimum Gasteiger partial charge on any atom is -0.398 e. The first kappa shape index (κ1) is 14.3. The minimum absolute atomic E-state index is 0.212. The number of para-hydroxylation sites is 1. The van der Waals surface area contributed by atoms with E-state index in [1.165, 1.54) is 4.31 Å². The summed E-state index contributed by atoms with van der Waals surface area (Å²) in [7, 11) is -1.55. The number of sulfonamides is 1. The molecule has 0 aliphatic heterocycles. The Morgan fingerprint density at radius 1 is 1.21 bits per heavy atom. The van der Waals surface area contributed by atoms with Crippen molar-refractivity contribution in [3.63, 3.8) is 0 Å². The third-order valence-electron chi connectivity index (χ3n) is 3.86. The van der Waals surface area contributed by atoms with Crippen molar-refractivity contribution in [3.05, 3.63) is 29.8 Å². The monoisotopic (exact) mass is 282 g/mol. The molecule has 0 amide bonds. The van der Waals surface area contributed by atoms with Crippen LogP contribution in [-0.2, 0) is 16.6 Å². The first-order valence-electron chi connectivity index (χ1n) is 6.80. The van der Waals surface area contributed by atoms with Crippen LogP contribution in [0.25, 0.3) is 0 Å². The van der Waals surface area contributed by atoms with Gasteiger partial charge in [0.05, 0.1) is 5.25 Å². The van der Waals surface area contributed by atoms with Crippen LogP contribution in [0.3, 0.4) is 0 Å². The molecule has 0 bridgehead atoms. The Bertz CT molecular complexity index is 522. The van der Waals surface area contributed by atoms with Crippen LogP contribution in [0.4, 0.5) is 5.69 Å². The average molecular weight is 282 g/mol. The molecule has 2 rings (SSSR count). The van der Waals surface area contributed by atoms with E-state index in [1.807, 2.05) is 18.2 Å². The van der Waals surface area contributed by atoms with E-state index >= 15 is 0 Å². The highest BCUT2D eigenvalue weighted by Gasteiger charge is 2.30. The Balaban J connectivity index is 2.10. The van der Waals surface area contributed by atoms with E-state index in [9.17, 15) is 8.42 Å². The maximum Gasteiger partial charge on any atom is 0.217 e. The summed E-state index contributed by atoms with van der Waals surface area (Å²) >= 11 is 0. The third-order valence-corrected chi connectivity index (χ3v) is 6.17. The van der Waals surface area contributed by atoms with E-state index < -0.39 is 10.0 Å². The summed E-state index contributed by atoms with van der Waals surface area (Å²) in [5.74, 6) is 0. The molecule has 19 heavy (non-hydrogen) atoms. The fraction of sp³-hybridized carbons (Fsp3) is 0.571. The van der Waals surface area contributed by atoms with Gasteiger partial charge in [0.1, 0.15) is 0 Å². The van der Waals surface area contributed by atoms with E-state index in [2.05, 4.69) is 0 Å². The van der Waals surface area contributed by atoms with Gasteiger partial charge in [0.2, 0.25) is 10.0 Å². The second-order valence-electron chi connectivity index (χ2n) is 5.26. The Morgan fingerprint density at radius 3 is 2.47 bits per heavy atom. The molecular formula is C14H22N2O2S. The van der Waals surface area contributed by atoms with Crippen molar-refractivity contribution in [1.29, 1.82) is 0 Å². The van der Waals surface area contributed by atoms with E-state index in [-0.39, 0.29) is 5.25 Å². The quantitative estimate of drug-likeness (QED) is 0.862. The van der Waals surface area contributed by atoms with Crippen molar-refractivity contribution in [2.24, 2.45) is 0 Å². The summed E-state index contributed by atoms with van der Waals surface area (Å²) in [5, 5.41) is -0.212. The van der Waals surface area contributed by atoms with Gasteiger partial charge in [-0.2, -0.15) is 0 Å². The van der Waals surface area contributed by atoms with Gasteiger partial charge in [-0.1, -0.05) is 37.5 Å². The Kier molecular flexibility index (Phi) is 4.47. The van der Waals surface area contributed by atoms with E-state index in [1.54, 1.807) is 13.1 Å². The zero-order chi connectivity index (χ0) is 13.9. The Morgan fingerprint density at radius 2 is 1.84 bits per heavy atom. The molecule has 0 heterocycles. The van der Waals surface area contributed by atoms with Gasteiger partial charge in [-0.15, -0.1) is 0 Å². The summed E-state index contributed by atoms with van der Waals surface area (Å²) in [6, 6.07) is 7.42. The van der Waals surface area contributed by atoms with E-state index in [0.717, 1.165) is 37.7 Å². The number of benzene rings is 1. The predicted molar refractivity (Wildman–Crippen MR) is 78.1 cm³/mol. The number of anilines is 1. The number of hydrogen-bond acceptors (Lipinski definition) is 3. The fourth-order valence-corrected chi connectivity index (χ4v) is 4.38. The van der Waals surface area contributed by atoms with Crippen LogP contribution in [0, 0.1) is 0 Å². The third kappa shape index (κ3) is 3.28. The zero-order valence-electron chi connectivity index (χ0n) is 11.4. The first-order chi connectivity index (χ1) is 9.01. The van der Waals surface area contributed by atoms with Crippen LogP contribution in [0.2, 0.25) is 0 Å². The first-order valence-corrected chi connectivity index (χ1v) is 8.30. The van der Waals surface area contributed by atoms with E-state index in [0.29, 0.717) is 12.2 Å². The molecule has 1 aliphatic carbocycles. The number of nitrogens with zero attached hydrogens (tertiary/aromatic N) is 1. The molecule has 106 valence electrons. The molecule has 1 aromatic carbocycles. The molecule has 0 aromatic heterocycles. The maximum absolute atomic E-state index is 12.5. The van der Waals surface area contributed by atoms with Crippen LogP contribution in [-0.4, -0.2) is 25.0 Å². The normalized spacial score (nSPS) is 17.8. The van der Waals surface area contributed by atoms with Crippen molar-refractivity contribution in [2.75, 3.05) is 12.8 Å². The highest BCUT2D eigenvalue weighted by molar-refractivity contribution is 7.89. The number of rotatable bonds is 4. The van der Waals surface area contributed by atoms with Crippen molar-refractivity contribution in [1.82, 2.24) is 4.31 Å². The lowest BCUT2D eigenvalue weighted by Gasteiger charge is -2.27. The SMILES string of the molecule is CN(Cc1ccccc1N)S(=O)(=O)C1CCCCC1. The molecule has 0 unspecified atom stereocenters. The molecule has 4 nitrogen and oxygen atoms in total. The topological polar surface area (TPSA) is 63.4 Å². The molecule has 0 radical (unpaired) electrons. The van der Waals surface area contributed by atoms with Gasteiger partial charge in [0.15, 0.2) is 0 Å². The van der Waals surface area contributed by atoms with Gasteiger partial charge in [-0.25, -0.2) is 12.7 Å². The fourth-order valence-electron chi connectivity index (χ4n) is 2.63. The number of nitrogen functional groups attached to an aromatic ring is 1. The zero-order valence-corrected chi connectivity index (χ0v) is 12.2. The molecular weight excluding hydrogens is 260 g/mol. The van der Waals surface area contributed by atoms with Crippen LogP contribution in [0.15, 0.2) is 24.3 Å². The average Bonchev–Trinajstić information content (AvgIpc) is 2.42. The number of nitrogens with two attached hydrogens (primary N) is 1. The van der Waals surface area contributed by atoms with Crippen molar-refractivity contribution >= 4 is 15.7 Å². The Hall–Kier alpha value is -1.07. The summed E-state index contributed by atoms with van der Waals surface area (Å²) in [6.45, 7) is 0.353. The lowest BCUT2D eigenvalue weighted by atomic mass is 10.0. The lowest BCUT2D eigenvalue weighted by Crippen LogP contribution is -2.37. The molecule has 1 aromatic rings. The van der Waals surface area contributed by atoms with Gasteiger partial charge >= 0.3 is 0 Å². The second kappa shape index (κ2) is 5.92. The predicted octanol–water partition coefficient (Wildman–Crippen LogP) is 2.36. The van der Waals surface area contributed by atoms with Gasteiger partial charge in [-0.3, -0.25) is 0 Å². The molecule has 0 atom stereocenters. The minimum atomic E-state index is -3.20. The van der Waals surface area contributed by atoms with Gasteiger partial charge in [0, 0.05) is 19.3 Å². The largest absolute Gasteiger partial charge is 0.398 e. The summed E-state index contributed by atoms with van der Waals surface area (Å²) in [5.41, 5.74) is 7.38. The van der Waals surface area contributed by atoms with Crippen LogP contribution >= 0.6 is 0 Å². The lowest BCUT2D eigenvalue weighted by molar-refractivity contribution is 0.423. The highest BCUT2D eigenvalue weighted by atomic mass is 32.2. The van der Waals surface area contributed by atoms with E-state index in [4.69, 9.17) is 5.73 Å². The highest BCUT2D eigenvalue weighted by Crippen LogP contribution is 2.26. The van der Waals surface area contributed by atoms with Crippen LogP contribution < -0.4 is 5.73 Å². The number of hydrogen-bond donors (Lipinski definition) is 1. The van der Waals surface area contributed by atoms with Gasteiger partial charge in [0.25, 0.3) is 0 Å². The standard InChI is InChI=1S/C14H22N2O2S/c1-16(11-12-7-5-6-10-14(12)15)19(17,18)13-8-3-2-4-9-13/h5-7,10,13H,2-4,8-9,11,15H2,1H3. The van der Waals surface area contributed by atoms with Crippen molar-refractivity contribution in [3.8, 4) is 0 Å². The summed E-state index contributed by atoms with van der Waals surface area (Å²) in [4.78, 5) is 0. The van der Waals surface area contributed by atoms with Crippen LogP contribution in [0.1, 0.15) is 37.7 Å². The van der Waals surface area contributed by atoms with Gasteiger partial charge < -0.3 is 5.73 Å². The molecule has 1 fully saturated rings. The van der Waals surface area contributed by atoms with Crippen molar-refractivity contribution < 1.29 is 8.42 Å². The Labute approximate surface area is 115 Å². The summed E-state index contributed by atoms with van der Waals surface area (Å²) < 4.78 is 26.4. The molecule has 0 spiro atoms. The molecule has 2 N–H and O–H groups in total. The summed E-state index contributed by atoms with van der Waals surface area (Å²) in [6.07, 6.45) is 4.77. The smallest absolute Gasteiger partial charge is 0.217 e.